The van der Waals surface area contributed by atoms with Crippen molar-refractivity contribution in [3.05, 3.63) is 65.2 Å². The molecule has 0 bridgehead atoms. The van der Waals surface area contributed by atoms with E-state index in [0.717, 1.165) is 31.2 Å². The first kappa shape index (κ1) is 19.6. The summed E-state index contributed by atoms with van der Waals surface area (Å²) in [6.45, 7) is 0. The van der Waals surface area contributed by atoms with Crippen molar-refractivity contribution in [1.82, 2.24) is 4.90 Å². The van der Waals surface area contributed by atoms with Crippen LogP contribution >= 0.6 is 11.6 Å². The zero-order valence-electron chi connectivity index (χ0n) is 16.1. The number of benzene rings is 2. The van der Waals surface area contributed by atoms with E-state index in [2.05, 4.69) is 0 Å². The van der Waals surface area contributed by atoms with Crippen LogP contribution in [-0.2, 0) is 20.8 Å². The summed E-state index contributed by atoms with van der Waals surface area (Å²) >= 11 is 5.93. The molecule has 0 aromatic heterocycles. The maximum Gasteiger partial charge on any atom is 0.257 e. The Morgan fingerprint density at radius 2 is 1.66 bits per heavy atom. The summed E-state index contributed by atoms with van der Waals surface area (Å²) in [5.74, 6) is -0.698. The number of halogens is 1. The summed E-state index contributed by atoms with van der Waals surface area (Å²) in [5.41, 5.74) is 1.40. The van der Waals surface area contributed by atoms with E-state index in [4.69, 9.17) is 11.6 Å². The van der Waals surface area contributed by atoms with E-state index in [1.165, 1.54) is 4.90 Å². The van der Waals surface area contributed by atoms with Gasteiger partial charge in [0.1, 0.15) is 6.04 Å². The predicted octanol–water partition coefficient (Wildman–Crippen LogP) is 3.99. The minimum absolute atomic E-state index is 0.0122. The van der Waals surface area contributed by atoms with Gasteiger partial charge < -0.3 is 4.90 Å². The van der Waals surface area contributed by atoms with Gasteiger partial charge in [0.05, 0.1) is 18.5 Å². The summed E-state index contributed by atoms with van der Waals surface area (Å²) in [4.78, 5) is 42.1. The van der Waals surface area contributed by atoms with Crippen LogP contribution in [0.15, 0.2) is 54.6 Å². The van der Waals surface area contributed by atoms with Crippen LogP contribution in [0.4, 0.5) is 5.69 Å². The number of anilines is 1. The van der Waals surface area contributed by atoms with E-state index in [0.29, 0.717) is 10.7 Å². The van der Waals surface area contributed by atoms with Gasteiger partial charge in [-0.2, -0.15) is 0 Å². The van der Waals surface area contributed by atoms with E-state index in [1.54, 1.807) is 29.2 Å². The van der Waals surface area contributed by atoms with Crippen molar-refractivity contribution in [3.63, 3.8) is 0 Å². The van der Waals surface area contributed by atoms with E-state index >= 15 is 0 Å². The predicted molar refractivity (Wildman–Crippen MR) is 112 cm³/mol. The zero-order valence-corrected chi connectivity index (χ0v) is 16.8. The average Bonchev–Trinajstić information content (AvgIpc) is 3.33. The number of hydrogen-bond donors (Lipinski definition) is 0. The second-order valence-electron chi connectivity index (χ2n) is 7.67. The van der Waals surface area contributed by atoms with Gasteiger partial charge in [-0.15, -0.1) is 0 Å². The molecule has 1 atom stereocenters. The monoisotopic (exact) mass is 410 g/mol. The molecule has 1 aliphatic carbocycles. The van der Waals surface area contributed by atoms with Crippen molar-refractivity contribution in [2.24, 2.45) is 0 Å². The normalized spacial score (nSPS) is 19.8. The number of imide groups is 1. The van der Waals surface area contributed by atoms with Crippen molar-refractivity contribution in [3.8, 4) is 0 Å². The van der Waals surface area contributed by atoms with Gasteiger partial charge in [0.15, 0.2) is 0 Å². The average molecular weight is 411 g/mol. The van der Waals surface area contributed by atoms with Crippen LogP contribution in [0.2, 0.25) is 5.02 Å². The molecule has 4 rings (SSSR count). The number of carbonyl (C=O) groups excluding carboxylic acids is 3. The molecule has 0 spiro atoms. The van der Waals surface area contributed by atoms with E-state index in [9.17, 15) is 14.4 Å². The Labute approximate surface area is 175 Å². The van der Waals surface area contributed by atoms with Crippen molar-refractivity contribution in [2.75, 3.05) is 4.90 Å². The highest BCUT2D eigenvalue weighted by molar-refractivity contribution is 6.30. The van der Waals surface area contributed by atoms with Crippen molar-refractivity contribution in [1.29, 1.82) is 0 Å². The molecule has 1 saturated heterocycles. The van der Waals surface area contributed by atoms with Gasteiger partial charge in [0.2, 0.25) is 11.8 Å². The first-order valence-corrected chi connectivity index (χ1v) is 10.4. The maximum atomic E-state index is 13.3. The summed E-state index contributed by atoms with van der Waals surface area (Å²) in [6.07, 6.45) is 4.08. The Kier molecular flexibility index (Phi) is 5.67. The lowest BCUT2D eigenvalue weighted by molar-refractivity contribution is -0.140. The molecule has 1 saturated carbocycles. The van der Waals surface area contributed by atoms with E-state index in [-0.39, 0.29) is 36.6 Å². The molecule has 1 aliphatic heterocycles. The zero-order chi connectivity index (χ0) is 20.4. The third kappa shape index (κ3) is 4.06. The summed E-state index contributed by atoms with van der Waals surface area (Å²) < 4.78 is 0. The number of nitrogens with zero attached hydrogens (tertiary/aromatic N) is 2. The molecule has 29 heavy (non-hydrogen) atoms. The minimum atomic E-state index is -0.738. The lowest BCUT2D eigenvalue weighted by Gasteiger charge is -2.33. The summed E-state index contributed by atoms with van der Waals surface area (Å²) in [7, 11) is 0. The fourth-order valence-electron chi connectivity index (χ4n) is 4.37. The van der Waals surface area contributed by atoms with Gasteiger partial charge in [-0.05, 0) is 42.7 Å². The number of hydrogen-bond acceptors (Lipinski definition) is 3. The molecule has 1 unspecified atom stereocenters. The number of rotatable bonds is 5. The van der Waals surface area contributed by atoms with E-state index < -0.39 is 6.04 Å². The van der Waals surface area contributed by atoms with Crippen LogP contribution in [0.25, 0.3) is 0 Å². The first-order valence-electron chi connectivity index (χ1n) is 10.0. The molecule has 5 nitrogen and oxygen atoms in total. The summed E-state index contributed by atoms with van der Waals surface area (Å²) in [5, 5.41) is 0.537. The third-order valence-electron chi connectivity index (χ3n) is 5.75. The highest BCUT2D eigenvalue weighted by Gasteiger charge is 2.46. The smallest absolute Gasteiger partial charge is 0.257 e. The van der Waals surface area contributed by atoms with Crippen LogP contribution in [0, 0.1) is 0 Å². The fourth-order valence-corrected chi connectivity index (χ4v) is 4.50. The Hall–Kier alpha value is -2.66. The number of carbonyl (C=O) groups is 3. The van der Waals surface area contributed by atoms with Crippen LogP contribution in [0.5, 0.6) is 0 Å². The van der Waals surface area contributed by atoms with Crippen LogP contribution < -0.4 is 4.90 Å². The van der Waals surface area contributed by atoms with Gasteiger partial charge in [-0.25, -0.2) is 4.90 Å². The first-order chi connectivity index (χ1) is 14.0. The molecule has 6 heteroatoms. The lowest BCUT2D eigenvalue weighted by Crippen LogP contribution is -2.50. The van der Waals surface area contributed by atoms with Crippen molar-refractivity contribution in [2.45, 2.75) is 50.6 Å². The fraction of sp³-hybridized carbons (Fsp3) is 0.348. The Morgan fingerprint density at radius 3 is 2.31 bits per heavy atom. The molecular formula is C23H23ClN2O3. The molecule has 2 aromatic rings. The largest absolute Gasteiger partial charge is 0.327 e. The van der Waals surface area contributed by atoms with Crippen LogP contribution in [-0.4, -0.2) is 34.7 Å². The second-order valence-corrected chi connectivity index (χ2v) is 8.10. The SMILES string of the molecule is O=C1CC(N(C(=O)Cc2ccccc2)C2CCCC2)C(=O)N1c1ccc(Cl)cc1. The molecule has 150 valence electrons. The van der Waals surface area contributed by atoms with Gasteiger partial charge >= 0.3 is 0 Å². The Balaban J connectivity index is 1.60. The summed E-state index contributed by atoms with van der Waals surface area (Å²) in [6, 6.07) is 15.4. The maximum absolute atomic E-state index is 13.3. The van der Waals surface area contributed by atoms with Gasteiger partial charge in [0.25, 0.3) is 5.91 Å². The molecule has 0 N–H and O–H groups in total. The molecule has 2 fully saturated rings. The van der Waals surface area contributed by atoms with Crippen LogP contribution in [0.1, 0.15) is 37.7 Å². The topological polar surface area (TPSA) is 57.7 Å². The quantitative estimate of drug-likeness (QED) is 0.700. The van der Waals surface area contributed by atoms with Gasteiger partial charge in [-0.1, -0.05) is 54.8 Å². The Bertz CT molecular complexity index is 907. The lowest BCUT2D eigenvalue weighted by atomic mass is 10.1. The highest BCUT2D eigenvalue weighted by Crippen LogP contribution is 2.32. The van der Waals surface area contributed by atoms with Gasteiger partial charge in [0, 0.05) is 11.1 Å². The second kappa shape index (κ2) is 8.37. The van der Waals surface area contributed by atoms with Gasteiger partial charge in [-0.3, -0.25) is 14.4 Å². The molecule has 3 amide bonds. The van der Waals surface area contributed by atoms with Crippen molar-refractivity contribution >= 4 is 35.0 Å². The Morgan fingerprint density at radius 1 is 1.00 bits per heavy atom. The number of amides is 3. The van der Waals surface area contributed by atoms with Crippen molar-refractivity contribution < 1.29 is 14.4 Å². The van der Waals surface area contributed by atoms with E-state index in [1.807, 2.05) is 30.3 Å². The third-order valence-corrected chi connectivity index (χ3v) is 6.00. The molecular weight excluding hydrogens is 388 g/mol. The highest BCUT2D eigenvalue weighted by atomic mass is 35.5. The molecule has 1 heterocycles. The van der Waals surface area contributed by atoms with Crippen LogP contribution in [0.3, 0.4) is 0 Å². The molecule has 2 aliphatic rings. The molecule has 2 aromatic carbocycles. The molecule has 0 radical (unpaired) electrons. The minimum Gasteiger partial charge on any atom is -0.327 e. The standard InChI is InChI=1S/C23H23ClN2O3/c24-17-10-12-19(13-11-17)26-22(28)15-20(23(26)29)25(18-8-4-5-9-18)21(27)14-16-6-2-1-3-7-16/h1-3,6-7,10-13,18,20H,4-5,8-9,14-15H2.